The molecule has 22 heavy (non-hydrogen) atoms. The van der Waals surface area contributed by atoms with Gasteiger partial charge in [0.2, 0.25) is 5.78 Å². The summed E-state index contributed by atoms with van der Waals surface area (Å²) in [5.41, 5.74) is 1.30. The smallest absolute Gasteiger partial charge is 0.354 e. The van der Waals surface area contributed by atoms with Gasteiger partial charge in [-0.2, -0.15) is 0 Å². The van der Waals surface area contributed by atoms with Crippen molar-refractivity contribution >= 4 is 39.3 Å². The van der Waals surface area contributed by atoms with E-state index in [2.05, 4.69) is 15.9 Å². The number of hydrogen-bond donors (Lipinski definition) is 1. The number of aromatic hydroxyl groups is 1. The predicted molar refractivity (Wildman–Crippen MR) is 85.9 cm³/mol. The molecule has 1 aromatic carbocycles. The third-order valence-corrected chi connectivity index (χ3v) is 4.11. The summed E-state index contributed by atoms with van der Waals surface area (Å²) in [5, 5.41) is 10.6. The van der Waals surface area contributed by atoms with Gasteiger partial charge in [-0.1, -0.05) is 27.5 Å². The first-order valence-corrected chi connectivity index (χ1v) is 7.76. The zero-order valence-corrected chi connectivity index (χ0v) is 14.2. The highest BCUT2D eigenvalue weighted by Gasteiger charge is 2.25. The maximum absolute atomic E-state index is 12.7. The molecule has 1 heterocycles. The molecule has 0 amide bonds. The van der Waals surface area contributed by atoms with E-state index >= 15 is 0 Å². The maximum atomic E-state index is 12.7. The van der Waals surface area contributed by atoms with Crippen molar-refractivity contribution < 1.29 is 19.4 Å². The van der Waals surface area contributed by atoms with E-state index in [1.165, 1.54) is 29.9 Å². The number of rotatable bonds is 4. The topological polar surface area (TPSA) is 68.5 Å². The lowest BCUT2D eigenvalue weighted by molar-refractivity contribution is 0.0590. The van der Waals surface area contributed by atoms with Crippen molar-refractivity contribution in [1.82, 2.24) is 4.57 Å². The molecule has 2 aromatic rings. The van der Waals surface area contributed by atoms with Crippen molar-refractivity contribution in [2.24, 2.45) is 7.05 Å². The maximum Gasteiger partial charge on any atom is 0.354 e. The Hall–Kier alpha value is -1.79. The number of phenolic OH excluding ortho intramolecular Hbond substituents is 1. The molecule has 1 aromatic heterocycles. The molecule has 1 N–H and O–H groups in total. The van der Waals surface area contributed by atoms with Gasteiger partial charge in [-0.05, 0) is 29.8 Å². The average Bonchev–Trinajstić information content (AvgIpc) is 2.82. The van der Waals surface area contributed by atoms with E-state index in [-0.39, 0.29) is 17.0 Å². The molecule has 0 bridgehead atoms. The Bertz CT molecular complexity index is 754. The van der Waals surface area contributed by atoms with Crippen LogP contribution in [0.1, 0.15) is 32.1 Å². The summed E-state index contributed by atoms with van der Waals surface area (Å²) in [7, 11) is 2.87. The standard InChI is InChI=1S/C15H13BrClNO4/c1-18-11(15(21)22-2)5-8(7-16)13(18)14(20)10-4-3-9(17)6-12(10)19/h3-6,19H,7H2,1-2H3. The Labute approximate surface area is 140 Å². The summed E-state index contributed by atoms with van der Waals surface area (Å²) in [6, 6.07) is 5.85. The van der Waals surface area contributed by atoms with E-state index in [1.54, 1.807) is 13.1 Å². The molecule has 0 fully saturated rings. The molecular formula is C15H13BrClNO4. The highest BCUT2D eigenvalue weighted by molar-refractivity contribution is 9.08. The molecule has 0 unspecified atom stereocenters. The highest BCUT2D eigenvalue weighted by atomic mass is 79.9. The molecule has 0 aliphatic rings. The lowest BCUT2D eigenvalue weighted by Crippen LogP contribution is -2.14. The summed E-state index contributed by atoms with van der Waals surface area (Å²) < 4.78 is 6.16. The molecule has 0 atom stereocenters. The van der Waals surface area contributed by atoms with Crippen LogP contribution in [-0.2, 0) is 17.1 Å². The van der Waals surface area contributed by atoms with Crippen LogP contribution in [0.25, 0.3) is 0 Å². The number of alkyl halides is 1. The van der Waals surface area contributed by atoms with E-state index in [0.29, 0.717) is 21.6 Å². The number of aromatic nitrogens is 1. The largest absolute Gasteiger partial charge is 0.507 e. The minimum absolute atomic E-state index is 0.115. The second-order valence-electron chi connectivity index (χ2n) is 4.58. The number of nitrogens with zero attached hydrogens (tertiary/aromatic N) is 1. The lowest BCUT2D eigenvalue weighted by Gasteiger charge is -2.09. The van der Waals surface area contributed by atoms with Crippen molar-refractivity contribution in [3.63, 3.8) is 0 Å². The Kier molecular flexibility index (Phi) is 4.93. The Balaban J connectivity index is 2.58. The minimum Gasteiger partial charge on any atom is -0.507 e. The Morgan fingerprint density at radius 3 is 2.59 bits per heavy atom. The summed E-state index contributed by atoms with van der Waals surface area (Å²) in [6.45, 7) is 0. The fourth-order valence-corrected chi connectivity index (χ4v) is 2.78. The van der Waals surface area contributed by atoms with E-state index in [0.717, 1.165) is 0 Å². The van der Waals surface area contributed by atoms with Gasteiger partial charge >= 0.3 is 5.97 Å². The number of phenols is 1. The SMILES string of the molecule is COC(=O)c1cc(CBr)c(C(=O)c2ccc(Cl)cc2O)n1C. The van der Waals surface area contributed by atoms with Gasteiger partial charge in [-0.25, -0.2) is 4.79 Å². The minimum atomic E-state index is -0.538. The molecule has 0 saturated carbocycles. The number of esters is 1. The van der Waals surface area contributed by atoms with Crippen molar-refractivity contribution in [1.29, 1.82) is 0 Å². The van der Waals surface area contributed by atoms with Crippen molar-refractivity contribution in [2.75, 3.05) is 7.11 Å². The number of benzene rings is 1. The van der Waals surface area contributed by atoms with Crippen molar-refractivity contribution in [2.45, 2.75) is 5.33 Å². The lowest BCUT2D eigenvalue weighted by atomic mass is 10.0. The molecule has 0 spiro atoms. The van der Waals surface area contributed by atoms with Gasteiger partial charge in [0.25, 0.3) is 0 Å². The fraction of sp³-hybridized carbons (Fsp3) is 0.200. The Morgan fingerprint density at radius 1 is 1.36 bits per heavy atom. The third kappa shape index (κ3) is 2.89. The average molecular weight is 387 g/mol. The molecule has 5 nitrogen and oxygen atoms in total. The third-order valence-electron chi connectivity index (χ3n) is 3.27. The molecule has 0 radical (unpaired) electrons. The van der Waals surface area contributed by atoms with Crippen LogP contribution in [-0.4, -0.2) is 28.5 Å². The highest BCUT2D eigenvalue weighted by Crippen LogP contribution is 2.27. The van der Waals surface area contributed by atoms with Crippen LogP contribution in [0.5, 0.6) is 5.75 Å². The number of carbonyl (C=O) groups excluding carboxylic acids is 2. The van der Waals surface area contributed by atoms with Gasteiger partial charge in [0.15, 0.2) is 0 Å². The molecule has 7 heteroatoms. The predicted octanol–water partition coefficient (Wildman–Crippen LogP) is 3.30. The van der Waals surface area contributed by atoms with E-state index in [4.69, 9.17) is 16.3 Å². The number of ketones is 1. The summed E-state index contributed by atoms with van der Waals surface area (Å²) >= 11 is 9.07. The second kappa shape index (κ2) is 6.54. The molecule has 2 rings (SSSR count). The van der Waals surface area contributed by atoms with E-state index in [9.17, 15) is 14.7 Å². The molecule has 0 aliphatic carbocycles. The van der Waals surface area contributed by atoms with Crippen LogP contribution >= 0.6 is 27.5 Å². The van der Waals surface area contributed by atoms with Crippen LogP contribution in [0.3, 0.4) is 0 Å². The zero-order chi connectivity index (χ0) is 16.4. The van der Waals surface area contributed by atoms with Gasteiger partial charge in [0, 0.05) is 17.4 Å². The monoisotopic (exact) mass is 385 g/mol. The summed E-state index contributed by atoms with van der Waals surface area (Å²) in [6.07, 6.45) is 0. The number of carbonyl (C=O) groups is 2. The fourth-order valence-electron chi connectivity index (χ4n) is 2.19. The van der Waals surface area contributed by atoms with Gasteiger partial charge in [-0.15, -0.1) is 0 Å². The van der Waals surface area contributed by atoms with Gasteiger partial charge in [0.05, 0.1) is 18.4 Å². The van der Waals surface area contributed by atoms with Crippen LogP contribution in [0, 0.1) is 0 Å². The first-order valence-electron chi connectivity index (χ1n) is 6.26. The normalized spacial score (nSPS) is 10.5. The zero-order valence-electron chi connectivity index (χ0n) is 11.9. The number of methoxy groups -OCH3 is 1. The summed E-state index contributed by atoms with van der Waals surface area (Å²) in [5.74, 6) is -1.15. The van der Waals surface area contributed by atoms with E-state index in [1.807, 2.05) is 0 Å². The van der Waals surface area contributed by atoms with Gasteiger partial charge in [-0.3, -0.25) is 4.79 Å². The molecule has 0 aliphatic heterocycles. The Morgan fingerprint density at radius 2 is 2.05 bits per heavy atom. The molecule has 116 valence electrons. The second-order valence-corrected chi connectivity index (χ2v) is 5.58. The van der Waals surface area contributed by atoms with Gasteiger partial charge in [0.1, 0.15) is 11.4 Å². The van der Waals surface area contributed by atoms with Gasteiger partial charge < -0.3 is 14.4 Å². The molecule has 0 saturated heterocycles. The number of ether oxygens (including phenoxy) is 1. The van der Waals surface area contributed by atoms with Crippen molar-refractivity contribution in [3.05, 3.63) is 51.8 Å². The van der Waals surface area contributed by atoms with E-state index < -0.39 is 11.8 Å². The quantitative estimate of drug-likeness (QED) is 0.497. The van der Waals surface area contributed by atoms with Crippen LogP contribution in [0.15, 0.2) is 24.3 Å². The number of hydrogen-bond acceptors (Lipinski definition) is 4. The molecular weight excluding hydrogens is 374 g/mol. The first-order chi connectivity index (χ1) is 10.4. The summed E-state index contributed by atoms with van der Waals surface area (Å²) in [4.78, 5) is 24.5. The first kappa shape index (κ1) is 16.6. The van der Waals surface area contributed by atoms with Crippen LogP contribution in [0.2, 0.25) is 5.02 Å². The van der Waals surface area contributed by atoms with Crippen LogP contribution in [0.4, 0.5) is 0 Å². The number of halogens is 2. The van der Waals surface area contributed by atoms with Crippen molar-refractivity contribution in [3.8, 4) is 5.75 Å². The van der Waals surface area contributed by atoms with Crippen LogP contribution < -0.4 is 0 Å².